The van der Waals surface area contributed by atoms with Crippen molar-refractivity contribution in [2.24, 2.45) is 0 Å². The van der Waals surface area contributed by atoms with Crippen molar-refractivity contribution in [2.45, 2.75) is 18.9 Å². The van der Waals surface area contributed by atoms with Gasteiger partial charge in [-0.2, -0.15) is 0 Å². The number of carbonyl (C=O) groups excluding carboxylic acids is 1. The van der Waals surface area contributed by atoms with Crippen LogP contribution in [-0.2, 0) is 16.3 Å². The van der Waals surface area contributed by atoms with Gasteiger partial charge in [-0.15, -0.1) is 0 Å². The minimum atomic E-state index is -2.98. The Hall–Kier alpha value is -2.48. The predicted molar refractivity (Wildman–Crippen MR) is 100.0 cm³/mol. The lowest BCUT2D eigenvalue weighted by Crippen LogP contribution is -2.34. The second kappa shape index (κ2) is 7.82. The molecule has 0 spiro atoms. The molecule has 0 bridgehead atoms. The predicted octanol–water partition coefficient (Wildman–Crippen LogP) is 1.07. The minimum Gasteiger partial charge on any atom is -0.356 e. The number of amides is 1. The molecule has 1 amide bonds. The van der Waals surface area contributed by atoms with E-state index in [-0.39, 0.29) is 29.1 Å². The number of hydrogen-bond donors (Lipinski definition) is 1. The van der Waals surface area contributed by atoms with Crippen LogP contribution in [0.2, 0.25) is 0 Å². The fourth-order valence-corrected chi connectivity index (χ4v) is 4.76. The smallest absolute Gasteiger partial charge is 0.270 e. The van der Waals surface area contributed by atoms with Crippen molar-refractivity contribution in [2.75, 3.05) is 30.0 Å². The lowest BCUT2D eigenvalue weighted by molar-refractivity contribution is 0.0949. The van der Waals surface area contributed by atoms with Gasteiger partial charge in [0, 0.05) is 25.7 Å². The molecule has 1 atom stereocenters. The fourth-order valence-electron chi connectivity index (χ4n) is 2.99. The van der Waals surface area contributed by atoms with Gasteiger partial charge >= 0.3 is 0 Å². The molecule has 0 saturated carbocycles. The maximum atomic E-state index is 12.3. The molecule has 138 valence electrons. The molecule has 1 N–H and O–H groups in total. The molecule has 3 rings (SSSR count). The summed E-state index contributed by atoms with van der Waals surface area (Å²) in [5.74, 6) is 0.596. The number of nitrogens with one attached hydrogen (secondary N) is 1. The first-order chi connectivity index (χ1) is 12.4. The molecule has 1 aliphatic rings. The molecule has 1 aromatic heterocycles. The van der Waals surface area contributed by atoms with Crippen molar-refractivity contribution >= 4 is 21.6 Å². The van der Waals surface area contributed by atoms with E-state index in [1.807, 2.05) is 35.2 Å². The Morgan fingerprint density at radius 3 is 2.73 bits per heavy atom. The van der Waals surface area contributed by atoms with E-state index in [2.05, 4.69) is 15.3 Å². The van der Waals surface area contributed by atoms with Crippen LogP contribution in [0.3, 0.4) is 0 Å². The molecule has 8 heteroatoms. The average molecular weight is 374 g/mol. The van der Waals surface area contributed by atoms with E-state index < -0.39 is 9.84 Å². The summed E-state index contributed by atoms with van der Waals surface area (Å²) in [5, 5.41) is 2.85. The molecule has 2 heterocycles. The number of rotatable bonds is 6. The molecule has 1 aromatic carbocycles. The standard InChI is InChI=1S/C18H22N4O3S/c1-22(15-8-10-26(24,25)12-15)17-11-16(20-13-21-17)18(23)19-9-7-14-5-3-2-4-6-14/h2-6,11,13,15H,7-10,12H2,1H3,(H,19,23). The molecule has 1 saturated heterocycles. The topological polar surface area (TPSA) is 92.3 Å². The van der Waals surface area contributed by atoms with E-state index in [0.29, 0.717) is 18.8 Å². The minimum absolute atomic E-state index is 0.117. The second-order valence-electron chi connectivity index (χ2n) is 6.42. The SMILES string of the molecule is CN(c1cc(C(=O)NCCc2ccccc2)ncn1)C1CCS(=O)(=O)C1. The van der Waals surface area contributed by atoms with Crippen LogP contribution in [0.1, 0.15) is 22.5 Å². The molecule has 0 aliphatic carbocycles. The highest BCUT2D eigenvalue weighted by Crippen LogP contribution is 2.21. The van der Waals surface area contributed by atoms with Crippen molar-refractivity contribution in [3.63, 3.8) is 0 Å². The molecule has 1 unspecified atom stereocenters. The number of carbonyl (C=O) groups is 1. The summed E-state index contributed by atoms with van der Waals surface area (Å²) < 4.78 is 23.3. The summed E-state index contributed by atoms with van der Waals surface area (Å²) in [6.45, 7) is 0.513. The summed E-state index contributed by atoms with van der Waals surface area (Å²) in [6, 6.07) is 11.4. The molecule has 26 heavy (non-hydrogen) atoms. The number of hydrogen-bond acceptors (Lipinski definition) is 6. The van der Waals surface area contributed by atoms with Gasteiger partial charge in [0.1, 0.15) is 17.8 Å². The first-order valence-electron chi connectivity index (χ1n) is 8.52. The highest BCUT2D eigenvalue weighted by molar-refractivity contribution is 7.91. The highest BCUT2D eigenvalue weighted by Gasteiger charge is 2.31. The van der Waals surface area contributed by atoms with Gasteiger partial charge in [0.25, 0.3) is 5.91 Å². The van der Waals surface area contributed by atoms with Gasteiger partial charge < -0.3 is 10.2 Å². The highest BCUT2D eigenvalue weighted by atomic mass is 32.2. The van der Waals surface area contributed by atoms with Crippen LogP contribution < -0.4 is 10.2 Å². The summed E-state index contributed by atoms with van der Waals surface area (Å²) in [7, 11) is -1.18. The lowest BCUT2D eigenvalue weighted by atomic mass is 10.1. The van der Waals surface area contributed by atoms with Crippen LogP contribution in [0, 0.1) is 0 Å². The molecule has 0 radical (unpaired) electrons. The molecule has 1 fully saturated rings. The van der Waals surface area contributed by atoms with Crippen LogP contribution in [0.25, 0.3) is 0 Å². The quantitative estimate of drug-likeness (QED) is 0.813. The van der Waals surface area contributed by atoms with Crippen molar-refractivity contribution in [1.29, 1.82) is 0 Å². The zero-order valence-corrected chi connectivity index (χ0v) is 15.4. The van der Waals surface area contributed by atoms with E-state index in [4.69, 9.17) is 0 Å². The largest absolute Gasteiger partial charge is 0.356 e. The van der Waals surface area contributed by atoms with Crippen molar-refractivity contribution < 1.29 is 13.2 Å². The molecule has 1 aliphatic heterocycles. The van der Waals surface area contributed by atoms with E-state index in [0.717, 1.165) is 12.0 Å². The Labute approximate surface area is 153 Å². The van der Waals surface area contributed by atoms with Crippen LogP contribution in [0.15, 0.2) is 42.7 Å². The zero-order chi connectivity index (χ0) is 18.6. The van der Waals surface area contributed by atoms with Gasteiger partial charge in [-0.25, -0.2) is 18.4 Å². The monoisotopic (exact) mass is 374 g/mol. The Morgan fingerprint density at radius 1 is 1.27 bits per heavy atom. The normalized spacial score (nSPS) is 18.4. The molecular weight excluding hydrogens is 352 g/mol. The maximum Gasteiger partial charge on any atom is 0.270 e. The van der Waals surface area contributed by atoms with Gasteiger partial charge in [-0.3, -0.25) is 4.79 Å². The van der Waals surface area contributed by atoms with Crippen molar-refractivity contribution in [3.05, 3.63) is 54.0 Å². The first kappa shape index (κ1) is 18.3. The number of anilines is 1. The number of nitrogens with zero attached hydrogens (tertiary/aromatic N) is 3. The Balaban J connectivity index is 1.60. The van der Waals surface area contributed by atoms with Gasteiger partial charge in [0.05, 0.1) is 11.5 Å². The van der Waals surface area contributed by atoms with E-state index in [9.17, 15) is 13.2 Å². The van der Waals surface area contributed by atoms with Crippen molar-refractivity contribution in [3.8, 4) is 0 Å². The average Bonchev–Trinajstić information content (AvgIpc) is 3.02. The van der Waals surface area contributed by atoms with E-state index >= 15 is 0 Å². The first-order valence-corrected chi connectivity index (χ1v) is 10.3. The number of sulfone groups is 1. The third kappa shape index (κ3) is 4.57. The zero-order valence-electron chi connectivity index (χ0n) is 14.6. The van der Waals surface area contributed by atoms with Crippen LogP contribution >= 0.6 is 0 Å². The maximum absolute atomic E-state index is 12.3. The van der Waals surface area contributed by atoms with Crippen LogP contribution in [0.5, 0.6) is 0 Å². The van der Waals surface area contributed by atoms with Crippen LogP contribution in [-0.4, -0.2) is 55.4 Å². The van der Waals surface area contributed by atoms with E-state index in [1.54, 1.807) is 13.1 Å². The summed E-state index contributed by atoms with van der Waals surface area (Å²) in [4.78, 5) is 22.3. The summed E-state index contributed by atoms with van der Waals surface area (Å²) >= 11 is 0. The Kier molecular flexibility index (Phi) is 5.51. The number of benzene rings is 1. The lowest BCUT2D eigenvalue weighted by Gasteiger charge is -2.24. The number of aromatic nitrogens is 2. The third-order valence-electron chi connectivity index (χ3n) is 4.54. The summed E-state index contributed by atoms with van der Waals surface area (Å²) in [6.07, 6.45) is 2.65. The molecule has 2 aromatic rings. The second-order valence-corrected chi connectivity index (χ2v) is 8.65. The Morgan fingerprint density at radius 2 is 2.04 bits per heavy atom. The van der Waals surface area contributed by atoms with Gasteiger partial charge in [-0.05, 0) is 18.4 Å². The van der Waals surface area contributed by atoms with Gasteiger partial charge in [-0.1, -0.05) is 30.3 Å². The van der Waals surface area contributed by atoms with Crippen molar-refractivity contribution in [1.82, 2.24) is 15.3 Å². The third-order valence-corrected chi connectivity index (χ3v) is 6.30. The van der Waals surface area contributed by atoms with Gasteiger partial charge in [0.2, 0.25) is 0 Å². The Bertz CT molecular complexity index is 871. The fraction of sp³-hybridized carbons (Fsp3) is 0.389. The van der Waals surface area contributed by atoms with E-state index in [1.165, 1.54) is 6.33 Å². The molecule has 7 nitrogen and oxygen atoms in total. The molecular formula is C18H22N4O3S. The summed E-state index contributed by atoms with van der Waals surface area (Å²) in [5.41, 5.74) is 1.43. The van der Waals surface area contributed by atoms with Crippen LogP contribution in [0.4, 0.5) is 5.82 Å². The van der Waals surface area contributed by atoms with Gasteiger partial charge in [0.15, 0.2) is 9.84 Å².